The fourth-order valence-corrected chi connectivity index (χ4v) is 2.90. The normalized spacial score (nSPS) is 30.9. The number of rotatable bonds is 6. The molecule has 102 valence electrons. The van der Waals surface area contributed by atoms with Gasteiger partial charge in [0.05, 0.1) is 0 Å². The lowest BCUT2D eigenvalue weighted by Gasteiger charge is -2.36. The molecular weight excluding hydrogens is 212 g/mol. The largest absolute Gasteiger partial charge is 0.396 e. The van der Waals surface area contributed by atoms with E-state index in [2.05, 4.69) is 26.1 Å². The van der Waals surface area contributed by atoms with Crippen LogP contribution in [-0.2, 0) is 0 Å². The third-order valence-electron chi connectivity index (χ3n) is 4.42. The highest BCUT2D eigenvalue weighted by molar-refractivity contribution is 4.84. The zero-order valence-corrected chi connectivity index (χ0v) is 11.7. The summed E-state index contributed by atoms with van der Waals surface area (Å²) in [6.45, 7) is 7.52. The van der Waals surface area contributed by atoms with Crippen LogP contribution < -0.4 is 11.1 Å². The van der Waals surface area contributed by atoms with Crippen LogP contribution in [0, 0.1) is 17.8 Å². The fourth-order valence-electron chi connectivity index (χ4n) is 2.90. The molecule has 17 heavy (non-hydrogen) atoms. The van der Waals surface area contributed by atoms with Gasteiger partial charge in [0.2, 0.25) is 0 Å². The monoisotopic (exact) mass is 242 g/mol. The van der Waals surface area contributed by atoms with Gasteiger partial charge >= 0.3 is 0 Å². The minimum absolute atomic E-state index is 0.243. The molecular formula is C14H30N2O. The molecule has 0 heterocycles. The van der Waals surface area contributed by atoms with Crippen molar-refractivity contribution in [1.82, 2.24) is 5.32 Å². The molecule has 0 spiro atoms. The maximum Gasteiger partial charge on any atom is 0.0471 e. The fraction of sp³-hybridized carbons (Fsp3) is 1.00. The van der Waals surface area contributed by atoms with Crippen molar-refractivity contribution in [1.29, 1.82) is 0 Å². The van der Waals surface area contributed by atoms with Gasteiger partial charge in [-0.15, -0.1) is 0 Å². The molecule has 0 aromatic rings. The molecule has 0 saturated heterocycles. The Morgan fingerprint density at radius 2 is 2.06 bits per heavy atom. The molecule has 5 atom stereocenters. The Kier molecular flexibility index (Phi) is 6.45. The summed E-state index contributed by atoms with van der Waals surface area (Å²) in [6, 6.07) is 0.757. The van der Waals surface area contributed by atoms with Crippen molar-refractivity contribution in [2.45, 2.75) is 58.5 Å². The summed E-state index contributed by atoms with van der Waals surface area (Å²) in [7, 11) is 0. The first kappa shape index (κ1) is 14.9. The third-order valence-corrected chi connectivity index (χ3v) is 4.42. The molecule has 3 heteroatoms. The van der Waals surface area contributed by atoms with E-state index in [-0.39, 0.29) is 6.61 Å². The molecule has 1 fully saturated rings. The van der Waals surface area contributed by atoms with Crippen molar-refractivity contribution >= 4 is 0 Å². The molecule has 0 aromatic heterocycles. The maximum atomic E-state index is 9.17. The Morgan fingerprint density at radius 1 is 1.35 bits per heavy atom. The van der Waals surface area contributed by atoms with Crippen LogP contribution in [0.25, 0.3) is 0 Å². The van der Waals surface area contributed by atoms with Gasteiger partial charge in [-0.2, -0.15) is 0 Å². The third kappa shape index (κ3) is 4.57. The van der Waals surface area contributed by atoms with E-state index in [0.717, 1.165) is 11.8 Å². The molecule has 0 radical (unpaired) electrons. The first-order chi connectivity index (χ1) is 8.08. The minimum Gasteiger partial charge on any atom is -0.396 e. The van der Waals surface area contributed by atoms with E-state index in [4.69, 9.17) is 5.73 Å². The van der Waals surface area contributed by atoms with E-state index >= 15 is 0 Å². The van der Waals surface area contributed by atoms with Crippen molar-refractivity contribution in [3.8, 4) is 0 Å². The first-order valence-electron chi connectivity index (χ1n) is 7.15. The smallest absolute Gasteiger partial charge is 0.0471 e. The zero-order valence-electron chi connectivity index (χ0n) is 11.7. The Balaban J connectivity index is 2.46. The Labute approximate surface area is 106 Å². The second-order valence-corrected chi connectivity index (χ2v) is 5.99. The van der Waals surface area contributed by atoms with Gasteiger partial charge in [0.15, 0.2) is 0 Å². The van der Waals surface area contributed by atoms with Crippen molar-refractivity contribution in [3.05, 3.63) is 0 Å². The van der Waals surface area contributed by atoms with Gasteiger partial charge in [0.25, 0.3) is 0 Å². The first-order valence-corrected chi connectivity index (χ1v) is 7.15. The van der Waals surface area contributed by atoms with E-state index in [1.165, 1.54) is 25.7 Å². The number of aliphatic hydroxyl groups is 1. The van der Waals surface area contributed by atoms with E-state index < -0.39 is 0 Å². The average molecular weight is 242 g/mol. The van der Waals surface area contributed by atoms with Crippen LogP contribution in [0.15, 0.2) is 0 Å². The summed E-state index contributed by atoms with van der Waals surface area (Å²) in [4.78, 5) is 0. The maximum absolute atomic E-state index is 9.17. The lowest BCUT2D eigenvalue weighted by atomic mass is 9.78. The van der Waals surface area contributed by atoms with E-state index in [1.54, 1.807) is 0 Å². The van der Waals surface area contributed by atoms with E-state index in [9.17, 15) is 5.11 Å². The zero-order chi connectivity index (χ0) is 12.8. The van der Waals surface area contributed by atoms with Gasteiger partial charge in [-0.05, 0) is 37.5 Å². The van der Waals surface area contributed by atoms with E-state index in [0.29, 0.717) is 24.5 Å². The second kappa shape index (κ2) is 7.34. The highest BCUT2D eigenvalue weighted by Crippen LogP contribution is 2.30. The van der Waals surface area contributed by atoms with Crippen LogP contribution in [0.5, 0.6) is 0 Å². The lowest BCUT2D eigenvalue weighted by Crippen LogP contribution is -2.49. The van der Waals surface area contributed by atoms with Gasteiger partial charge in [-0.25, -0.2) is 0 Å². The molecule has 1 aliphatic rings. The van der Waals surface area contributed by atoms with Gasteiger partial charge in [0.1, 0.15) is 0 Å². The number of hydrogen-bond donors (Lipinski definition) is 3. The van der Waals surface area contributed by atoms with Crippen LogP contribution in [0.4, 0.5) is 0 Å². The van der Waals surface area contributed by atoms with Gasteiger partial charge < -0.3 is 16.2 Å². The Hall–Kier alpha value is -0.120. The highest BCUT2D eigenvalue weighted by atomic mass is 16.3. The molecule has 0 aromatic carbocycles. The number of nitrogens with two attached hydrogens (primary N) is 1. The topological polar surface area (TPSA) is 58.3 Å². The van der Waals surface area contributed by atoms with Crippen LogP contribution in [-0.4, -0.2) is 30.3 Å². The second-order valence-electron chi connectivity index (χ2n) is 5.99. The Bertz CT molecular complexity index is 210. The Morgan fingerprint density at radius 3 is 2.59 bits per heavy atom. The molecule has 5 unspecified atom stereocenters. The van der Waals surface area contributed by atoms with Crippen LogP contribution in [0.1, 0.15) is 46.5 Å². The molecule has 3 nitrogen and oxygen atoms in total. The standard InChI is InChI=1S/C14H30N2O/c1-10-5-4-6-13(7-10)14(8-15)16-12(3)11(2)9-17/h10-14,16-17H,4-9,15H2,1-3H3. The molecule has 1 aliphatic carbocycles. The minimum atomic E-state index is 0.243. The molecule has 0 amide bonds. The summed E-state index contributed by atoms with van der Waals surface area (Å²) in [5, 5.41) is 12.8. The summed E-state index contributed by atoms with van der Waals surface area (Å²) in [5.74, 6) is 1.86. The van der Waals surface area contributed by atoms with Crippen molar-refractivity contribution in [3.63, 3.8) is 0 Å². The van der Waals surface area contributed by atoms with Crippen LogP contribution in [0.3, 0.4) is 0 Å². The van der Waals surface area contributed by atoms with Gasteiger partial charge in [-0.1, -0.05) is 26.7 Å². The molecule has 1 rings (SSSR count). The van der Waals surface area contributed by atoms with Crippen molar-refractivity contribution in [2.75, 3.05) is 13.2 Å². The number of hydrogen-bond acceptors (Lipinski definition) is 3. The predicted molar refractivity (Wildman–Crippen MR) is 72.8 cm³/mol. The van der Waals surface area contributed by atoms with Crippen LogP contribution >= 0.6 is 0 Å². The molecule has 1 saturated carbocycles. The summed E-state index contributed by atoms with van der Waals surface area (Å²) < 4.78 is 0. The highest BCUT2D eigenvalue weighted by Gasteiger charge is 2.27. The number of aliphatic hydroxyl groups excluding tert-OH is 1. The molecule has 0 aliphatic heterocycles. The summed E-state index contributed by atoms with van der Waals surface area (Å²) in [5.41, 5.74) is 5.91. The average Bonchev–Trinajstić information content (AvgIpc) is 2.34. The predicted octanol–water partition coefficient (Wildman–Crippen LogP) is 1.75. The number of nitrogens with one attached hydrogen (secondary N) is 1. The van der Waals surface area contributed by atoms with Gasteiger partial charge in [-0.3, -0.25) is 0 Å². The quantitative estimate of drug-likeness (QED) is 0.665. The van der Waals surface area contributed by atoms with Crippen molar-refractivity contribution in [2.24, 2.45) is 23.5 Å². The summed E-state index contributed by atoms with van der Waals surface area (Å²) >= 11 is 0. The van der Waals surface area contributed by atoms with Crippen molar-refractivity contribution < 1.29 is 5.11 Å². The molecule has 4 N–H and O–H groups in total. The molecule has 0 bridgehead atoms. The van der Waals surface area contributed by atoms with E-state index in [1.807, 2.05) is 0 Å². The van der Waals surface area contributed by atoms with Gasteiger partial charge in [0, 0.05) is 25.2 Å². The lowest BCUT2D eigenvalue weighted by molar-refractivity contribution is 0.172. The van der Waals surface area contributed by atoms with Crippen LogP contribution in [0.2, 0.25) is 0 Å². The summed E-state index contributed by atoms with van der Waals surface area (Å²) in [6.07, 6.45) is 5.32. The SMILES string of the molecule is CC1CCCC(C(CN)NC(C)C(C)CO)C1.